The number of ether oxygens (including phenoxy) is 1. The van der Waals surface area contributed by atoms with Gasteiger partial charge in [0.2, 0.25) is 5.95 Å². The maximum absolute atomic E-state index is 11.4. The quantitative estimate of drug-likeness (QED) is 0.609. The van der Waals surface area contributed by atoms with E-state index < -0.39 is 5.97 Å². The van der Waals surface area contributed by atoms with Gasteiger partial charge in [-0.2, -0.15) is 4.52 Å². The number of carbonyl (C=O) groups excluding carboxylic acids is 1. The van der Waals surface area contributed by atoms with Gasteiger partial charge in [0, 0.05) is 6.07 Å². The lowest BCUT2D eigenvalue weighted by Crippen LogP contribution is -2.07. The van der Waals surface area contributed by atoms with Gasteiger partial charge in [0.15, 0.2) is 5.65 Å². The van der Waals surface area contributed by atoms with E-state index in [9.17, 15) is 4.79 Å². The highest BCUT2D eigenvalue weighted by atomic mass is 35.5. The van der Waals surface area contributed by atoms with E-state index in [0.29, 0.717) is 5.65 Å². The van der Waals surface area contributed by atoms with E-state index >= 15 is 0 Å². The fraction of sp³-hybridized carbons (Fsp3) is 0.250. The second-order valence-corrected chi connectivity index (χ2v) is 3.25. The summed E-state index contributed by atoms with van der Waals surface area (Å²) in [5, 5.41) is 4.04. The molecule has 2 N–H and O–H groups in total. The summed E-state index contributed by atoms with van der Waals surface area (Å²) >= 11 is 5.69. The first-order chi connectivity index (χ1) is 7.61. The lowest BCUT2D eigenvalue weighted by atomic mass is 10.6. The number of nitrogens with zero attached hydrogens (tertiary/aromatic N) is 4. The van der Waals surface area contributed by atoms with Crippen LogP contribution in [0.3, 0.4) is 0 Å². The number of fused-ring (bicyclic) bond motifs is 1. The molecule has 84 valence electrons. The van der Waals surface area contributed by atoms with Crippen molar-refractivity contribution in [1.29, 1.82) is 0 Å². The predicted octanol–water partition coefficient (Wildman–Crippen LogP) is 0.537. The molecule has 0 aliphatic rings. The average molecular weight is 242 g/mol. The number of hydrogen-bond donors (Lipinski definition) is 1. The zero-order valence-electron chi connectivity index (χ0n) is 8.35. The van der Waals surface area contributed by atoms with Gasteiger partial charge in [-0.1, -0.05) is 11.6 Å². The Morgan fingerprint density at radius 2 is 2.38 bits per heavy atom. The van der Waals surface area contributed by atoms with Gasteiger partial charge >= 0.3 is 5.97 Å². The van der Waals surface area contributed by atoms with Crippen LogP contribution in [0.5, 0.6) is 0 Å². The third-order valence-electron chi connectivity index (χ3n) is 1.78. The average Bonchev–Trinajstić information content (AvgIpc) is 2.62. The summed E-state index contributed by atoms with van der Waals surface area (Å²) in [5.41, 5.74) is 5.91. The van der Waals surface area contributed by atoms with Crippen molar-refractivity contribution < 1.29 is 9.53 Å². The molecule has 0 amide bonds. The molecule has 2 heterocycles. The molecular weight excluding hydrogens is 234 g/mol. The number of carbonyl (C=O) groups is 1. The molecule has 0 fully saturated rings. The fourth-order valence-electron chi connectivity index (χ4n) is 1.16. The third kappa shape index (κ3) is 1.76. The summed E-state index contributed by atoms with van der Waals surface area (Å²) < 4.78 is 5.98. The number of nitrogen functional groups attached to an aromatic ring is 1. The van der Waals surface area contributed by atoms with Crippen LogP contribution in [0.2, 0.25) is 5.15 Å². The molecule has 0 aromatic carbocycles. The number of aromatic nitrogens is 4. The Morgan fingerprint density at radius 1 is 1.62 bits per heavy atom. The highest BCUT2D eigenvalue weighted by Crippen LogP contribution is 2.12. The van der Waals surface area contributed by atoms with Gasteiger partial charge in [0.1, 0.15) is 5.15 Å². The Morgan fingerprint density at radius 3 is 3.06 bits per heavy atom. The summed E-state index contributed by atoms with van der Waals surface area (Å²) in [6.45, 7) is 1.95. The molecule has 16 heavy (non-hydrogen) atoms. The third-order valence-corrected chi connectivity index (χ3v) is 1.97. The smallest absolute Gasteiger partial charge is 0.378 e. The van der Waals surface area contributed by atoms with E-state index in [0.717, 1.165) is 0 Å². The lowest BCUT2D eigenvalue weighted by Gasteiger charge is -1.95. The van der Waals surface area contributed by atoms with Crippen molar-refractivity contribution in [2.45, 2.75) is 6.92 Å². The van der Waals surface area contributed by atoms with Crippen molar-refractivity contribution in [3.05, 3.63) is 17.0 Å². The molecule has 0 radical (unpaired) electrons. The number of rotatable bonds is 2. The van der Waals surface area contributed by atoms with Crippen molar-refractivity contribution in [2.75, 3.05) is 12.3 Å². The standard InChI is InChI=1S/C8H8ClN5O2/c1-2-16-7(15)6-12-5-3-4(9)11-8(10)14(5)13-6/h3H,2H2,1H3,(H2,10,11). The minimum Gasteiger partial charge on any atom is -0.460 e. The van der Waals surface area contributed by atoms with Gasteiger partial charge in [-0.25, -0.2) is 14.8 Å². The molecular formula is C8H8ClN5O2. The number of halogens is 1. The number of anilines is 1. The van der Waals surface area contributed by atoms with Crippen LogP contribution in [0, 0.1) is 0 Å². The molecule has 0 bridgehead atoms. The van der Waals surface area contributed by atoms with E-state index in [1.165, 1.54) is 10.6 Å². The molecule has 2 aromatic heterocycles. The van der Waals surface area contributed by atoms with Crippen LogP contribution in [-0.2, 0) is 4.74 Å². The first-order valence-electron chi connectivity index (χ1n) is 4.47. The highest BCUT2D eigenvalue weighted by molar-refractivity contribution is 6.29. The maximum Gasteiger partial charge on any atom is 0.378 e. The molecule has 0 aliphatic carbocycles. The molecule has 0 saturated carbocycles. The molecule has 7 nitrogen and oxygen atoms in total. The summed E-state index contributed by atoms with van der Waals surface area (Å²) in [7, 11) is 0. The SMILES string of the molecule is CCOC(=O)c1nc2cc(Cl)nc(N)n2n1. The Hall–Kier alpha value is -1.89. The van der Waals surface area contributed by atoms with Gasteiger partial charge in [0.25, 0.3) is 5.82 Å². The van der Waals surface area contributed by atoms with E-state index in [1.54, 1.807) is 6.92 Å². The topological polar surface area (TPSA) is 95.4 Å². The Labute approximate surface area is 95.2 Å². The van der Waals surface area contributed by atoms with E-state index in [-0.39, 0.29) is 23.5 Å². The van der Waals surface area contributed by atoms with Gasteiger partial charge in [0.05, 0.1) is 6.61 Å². The van der Waals surface area contributed by atoms with Crippen LogP contribution in [0.25, 0.3) is 5.65 Å². The van der Waals surface area contributed by atoms with Gasteiger partial charge < -0.3 is 10.5 Å². The van der Waals surface area contributed by atoms with Crippen molar-refractivity contribution in [3.8, 4) is 0 Å². The normalized spacial score (nSPS) is 10.6. The minimum absolute atomic E-state index is 0.0607. The van der Waals surface area contributed by atoms with Crippen LogP contribution >= 0.6 is 11.6 Å². The Bertz CT molecular complexity index is 553. The minimum atomic E-state index is -0.610. The van der Waals surface area contributed by atoms with Crippen molar-refractivity contribution in [3.63, 3.8) is 0 Å². The van der Waals surface area contributed by atoms with Crippen LogP contribution < -0.4 is 5.73 Å². The second kappa shape index (κ2) is 3.93. The molecule has 2 aromatic rings. The second-order valence-electron chi connectivity index (χ2n) is 2.86. The number of nitrogens with two attached hydrogens (primary N) is 1. The monoisotopic (exact) mass is 241 g/mol. The van der Waals surface area contributed by atoms with Crippen LogP contribution in [0.4, 0.5) is 5.95 Å². The molecule has 0 spiro atoms. The zero-order valence-corrected chi connectivity index (χ0v) is 9.10. The van der Waals surface area contributed by atoms with Crippen LogP contribution in [0.15, 0.2) is 6.07 Å². The fourth-order valence-corrected chi connectivity index (χ4v) is 1.35. The summed E-state index contributed by atoms with van der Waals surface area (Å²) in [6.07, 6.45) is 0. The molecule has 8 heteroatoms. The van der Waals surface area contributed by atoms with Crippen LogP contribution in [0.1, 0.15) is 17.5 Å². The van der Waals surface area contributed by atoms with E-state index in [4.69, 9.17) is 22.1 Å². The molecule has 0 saturated heterocycles. The highest BCUT2D eigenvalue weighted by Gasteiger charge is 2.15. The molecule has 2 rings (SSSR count). The van der Waals surface area contributed by atoms with Gasteiger partial charge in [-0.3, -0.25) is 0 Å². The predicted molar refractivity (Wildman–Crippen MR) is 56.2 cm³/mol. The van der Waals surface area contributed by atoms with Gasteiger partial charge in [-0.05, 0) is 6.92 Å². The molecule has 0 atom stereocenters. The van der Waals surface area contributed by atoms with E-state index in [2.05, 4.69) is 15.1 Å². The number of hydrogen-bond acceptors (Lipinski definition) is 6. The van der Waals surface area contributed by atoms with E-state index in [1.807, 2.05) is 0 Å². The molecule has 0 unspecified atom stereocenters. The van der Waals surface area contributed by atoms with Crippen molar-refractivity contribution >= 4 is 29.2 Å². The zero-order chi connectivity index (χ0) is 11.7. The summed E-state index contributed by atoms with van der Waals surface area (Å²) in [4.78, 5) is 19.1. The maximum atomic E-state index is 11.4. The lowest BCUT2D eigenvalue weighted by molar-refractivity contribution is 0.0512. The van der Waals surface area contributed by atoms with Gasteiger partial charge in [-0.15, -0.1) is 5.10 Å². The largest absolute Gasteiger partial charge is 0.460 e. The number of esters is 1. The van der Waals surface area contributed by atoms with Crippen LogP contribution in [-0.4, -0.2) is 32.2 Å². The van der Waals surface area contributed by atoms with Crippen molar-refractivity contribution in [2.24, 2.45) is 0 Å². The Balaban J connectivity index is 2.51. The van der Waals surface area contributed by atoms with Crippen molar-refractivity contribution in [1.82, 2.24) is 19.6 Å². The Kier molecular flexibility index (Phi) is 2.61. The summed E-state index contributed by atoms with van der Waals surface area (Å²) in [5.74, 6) is -0.620. The first-order valence-corrected chi connectivity index (χ1v) is 4.85. The molecule has 0 aliphatic heterocycles. The first kappa shape index (κ1) is 10.6. The summed E-state index contributed by atoms with van der Waals surface area (Å²) in [6, 6.07) is 1.45.